The van der Waals surface area contributed by atoms with E-state index in [9.17, 15) is 19.7 Å². The molecule has 2 aromatic carbocycles. The van der Waals surface area contributed by atoms with Gasteiger partial charge in [-0.2, -0.15) is 0 Å². The van der Waals surface area contributed by atoms with Crippen LogP contribution in [0.3, 0.4) is 0 Å². The van der Waals surface area contributed by atoms with E-state index in [2.05, 4.69) is 13.8 Å². The van der Waals surface area contributed by atoms with Gasteiger partial charge < -0.3 is 5.73 Å². The lowest BCUT2D eigenvalue weighted by Crippen LogP contribution is -2.15. The first-order chi connectivity index (χ1) is 15.1. The maximum absolute atomic E-state index is 11.8. The first-order valence-electron chi connectivity index (χ1n) is 10.2. The lowest BCUT2D eigenvalue weighted by molar-refractivity contribution is -0.384. The predicted molar refractivity (Wildman–Crippen MR) is 133 cm³/mol. The van der Waals surface area contributed by atoms with Gasteiger partial charge in [0.05, 0.1) is 25.4 Å². The number of hydrogen-bond donors (Lipinski definition) is 1. The van der Waals surface area contributed by atoms with Gasteiger partial charge in [-0.3, -0.25) is 28.8 Å². The van der Waals surface area contributed by atoms with E-state index in [-0.39, 0.29) is 15.4 Å². The van der Waals surface area contributed by atoms with E-state index in [1.54, 1.807) is 10.6 Å². The molecule has 0 spiro atoms. The largest absolute Gasteiger partial charge is 0.399 e. The standard InChI is InChI=1S/C11H12N2O3S.C11H14N2OS/c1-7(2)6-12-9-4-3-8(13(15)16)5-10(9)17-11(12)14;1-7(2)6-13-9-4-3-8(12)5-10(9)15-11(13)14/h3-5,7H,6H2,1-2H3;3-5,7H,6,12H2,1-2H3. The highest BCUT2D eigenvalue weighted by molar-refractivity contribution is 7.16. The highest BCUT2D eigenvalue weighted by atomic mass is 32.1. The average molecular weight is 475 g/mol. The Labute approximate surface area is 192 Å². The van der Waals surface area contributed by atoms with E-state index in [1.807, 2.05) is 36.6 Å². The van der Waals surface area contributed by atoms with E-state index < -0.39 is 4.92 Å². The van der Waals surface area contributed by atoms with E-state index in [4.69, 9.17) is 5.73 Å². The van der Waals surface area contributed by atoms with Crippen LogP contribution in [0.2, 0.25) is 0 Å². The first-order valence-corrected chi connectivity index (χ1v) is 11.9. The summed E-state index contributed by atoms with van der Waals surface area (Å²) in [5.41, 5.74) is 8.18. The fourth-order valence-electron chi connectivity index (χ4n) is 3.33. The number of thiazole rings is 2. The molecule has 0 radical (unpaired) electrons. The molecule has 2 aromatic heterocycles. The van der Waals surface area contributed by atoms with Crippen molar-refractivity contribution < 1.29 is 4.92 Å². The highest BCUT2D eigenvalue weighted by Crippen LogP contribution is 2.24. The van der Waals surface area contributed by atoms with Crippen molar-refractivity contribution in [3.8, 4) is 0 Å². The van der Waals surface area contributed by atoms with E-state index in [0.717, 1.165) is 33.6 Å². The Morgan fingerprint density at radius 3 is 1.81 bits per heavy atom. The van der Waals surface area contributed by atoms with Crippen LogP contribution in [0.4, 0.5) is 11.4 Å². The maximum atomic E-state index is 11.8. The van der Waals surface area contributed by atoms with Crippen molar-refractivity contribution in [2.45, 2.75) is 40.8 Å². The number of nitro benzene ring substituents is 1. The zero-order valence-electron chi connectivity index (χ0n) is 18.4. The monoisotopic (exact) mass is 474 g/mol. The Kier molecular flexibility index (Phi) is 7.15. The highest BCUT2D eigenvalue weighted by Gasteiger charge is 2.13. The number of non-ortho nitro benzene ring substituents is 1. The summed E-state index contributed by atoms with van der Waals surface area (Å²) in [4.78, 5) is 33.7. The van der Waals surface area contributed by atoms with Crippen molar-refractivity contribution >= 4 is 54.5 Å². The van der Waals surface area contributed by atoms with Crippen molar-refractivity contribution in [1.29, 1.82) is 0 Å². The minimum Gasteiger partial charge on any atom is -0.399 e. The van der Waals surface area contributed by atoms with Gasteiger partial charge in [0.15, 0.2) is 0 Å². The Bertz CT molecular complexity index is 1380. The summed E-state index contributed by atoms with van der Waals surface area (Å²) in [6.07, 6.45) is 0. The van der Waals surface area contributed by atoms with Gasteiger partial charge >= 0.3 is 9.75 Å². The Morgan fingerprint density at radius 2 is 1.34 bits per heavy atom. The SMILES string of the molecule is CC(C)Cn1c(=O)sc2cc(N)ccc21.CC(C)Cn1c(=O)sc2cc([N+](=O)[O-])ccc21. The molecule has 8 nitrogen and oxygen atoms in total. The second-order valence-corrected chi connectivity index (χ2v) is 10.4. The van der Waals surface area contributed by atoms with Crippen LogP contribution in [-0.2, 0) is 13.1 Å². The minimum atomic E-state index is -0.448. The van der Waals surface area contributed by atoms with Gasteiger partial charge in [0.2, 0.25) is 0 Å². The van der Waals surface area contributed by atoms with Crippen LogP contribution in [0.1, 0.15) is 27.7 Å². The number of aromatic nitrogens is 2. The molecule has 10 heteroatoms. The molecular weight excluding hydrogens is 448 g/mol. The molecule has 0 bridgehead atoms. The summed E-state index contributed by atoms with van der Waals surface area (Å²) >= 11 is 2.32. The van der Waals surface area contributed by atoms with Gasteiger partial charge in [-0.15, -0.1) is 0 Å². The zero-order chi connectivity index (χ0) is 23.6. The number of rotatable bonds is 5. The molecule has 4 aromatic rings. The summed E-state index contributed by atoms with van der Waals surface area (Å²) in [6.45, 7) is 9.67. The van der Waals surface area contributed by atoms with Gasteiger partial charge in [-0.05, 0) is 36.1 Å². The molecule has 4 rings (SSSR count). The van der Waals surface area contributed by atoms with Crippen LogP contribution < -0.4 is 15.5 Å². The summed E-state index contributed by atoms with van der Waals surface area (Å²) in [6, 6.07) is 10.2. The Balaban J connectivity index is 0.000000182. The van der Waals surface area contributed by atoms with Crippen LogP contribution in [-0.4, -0.2) is 14.1 Å². The van der Waals surface area contributed by atoms with Crippen molar-refractivity contribution in [2.75, 3.05) is 5.73 Å². The van der Waals surface area contributed by atoms with Crippen LogP contribution in [0.5, 0.6) is 0 Å². The summed E-state index contributed by atoms with van der Waals surface area (Å²) in [5, 5.41) is 10.6. The molecule has 0 saturated heterocycles. The average Bonchev–Trinajstić information content (AvgIpc) is 3.16. The van der Waals surface area contributed by atoms with Gasteiger partial charge in [0.1, 0.15) is 0 Å². The molecule has 0 amide bonds. The third kappa shape index (κ3) is 5.25. The summed E-state index contributed by atoms with van der Waals surface area (Å²) in [7, 11) is 0. The second kappa shape index (κ2) is 9.66. The fourth-order valence-corrected chi connectivity index (χ4v) is 5.21. The fraction of sp³-hybridized carbons (Fsp3) is 0.364. The molecule has 2 heterocycles. The van der Waals surface area contributed by atoms with E-state index in [1.165, 1.54) is 23.5 Å². The van der Waals surface area contributed by atoms with Crippen molar-refractivity contribution in [1.82, 2.24) is 9.13 Å². The molecule has 32 heavy (non-hydrogen) atoms. The normalized spacial score (nSPS) is 11.3. The molecule has 0 aliphatic carbocycles. The molecule has 170 valence electrons. The number of nitrogens with two attached hydrogens (primary N) is 1. The quantitative estimate of drug-likeness (QED) is 0.250. The van der Waals surface area contributed by atoms with E-state index in [0.29, 0.717) is 28.8 Å². The second-order valence-electron chi connectivity index (χ2n) is 8.38. The van der Waals surface area contributed by atoms with E-state index >= 15 is 0 Å². The number of nitrogens with zero attached hydrogens (tertiary/aromatic N) is 3. The molecule has 0 saturated carbocycles. The van der Waals surface area contributed by atoms with Crippen molar-refractivity contribution in [2.24, 2.45) is 11.8 Å². The van der Waals surface area contributed by atoms with Crippen LogP contribution >= 0.6 is 22.7 Å². The number of hydrogen-bond acceptors (Lipinski definition) is 7. The van der Waals surface area contributed by atoms with Gasteiger partial charge in [-0.25, -0.2) is 0 Å². The Morgan fingerprint density at radius 1 is 0.875 bits per heavy atom. The number of fused-ring (bicyclic) bond motifs is 2. The number of benzene rings is 2. The predicted octanol–water partition coefficient (Wildman–Crippen LogP) is 4.93. The molecule has 0 fully saturated rings. The number of anilines is 1. The Hall–Kier alpha value is -2.98. The first kappa shape index (κ1) is 23.7. The number of nitrogen functional groups attached to an aromatic ring is 1. The van der Waals surface area contributed by atoms with Crippen molar-refractivity contribution in [3.63, 3.8) is 0 Å². The lowest BCUT2D eigenvalue weighted by Gasteiger charge is -2.06. The molecular formula is C22H26N4O4S2. The van der Waals surface area contributed by atoms with Gasteiger partial charge in [0.25, 0.3) is 5.69 Å². The third-order valence-corrected chi connectivity index (χ3v) is 6.53. The molecule has 0 aliphatic heterocycles. The van der Waals surface area contributed by atoms with Crippen molar-refractivity contribution in [3.05, 3.63) is 65.8 Å². The number of nitro groups is 1. The molecule has 2 N–H and O–H groups in total. The molecule has 0 aliphatic rings. The van der Waals surface area contributed by atoms with Gasteiger partial charge in [0, 0.05) is 30.9 Å². The van der Waals surface area contributed by atoms with Crippen LogP contribution in [0.15, 0.2) is 46.0 Å². The van der Waals surface area contributed by atoms with Crippen LogP contribution in [0.25, 0.3) is 20.4 Å². The minimum absolute atomic E-state index is 0.0236. The summed E-state index contributed by atoms with van der Waals surface area (Å²) < 4.78 is 5.14. The van der Waals surface area contributed by atoms with Gasteiger partial charge in [-0.1, -0.05) is 50.4 Å². The zero-order valence-corrected chi connectivity index (χ0v) is 20.0. The van der Waals surface area contributed by atoms with Crippen LogP contribution in [0, 0.1) is 22.0 Å². The molecule has 0 unspecified atom stereocenters. The topological polar surface area (TPSA) is 113 Å². The third-order valence-electron chi connectivity index (χ3n) is 4.65. The summed E-state index contributed by atoms with van der Waals surface area (Å²) in [5.74, 6) is 0.832. The maximum Gasteiger partial charge on any atom is 0.308 e. The lowest BCUT2D eigenvalue weighted by atomic mass is 10.2. The molecule has 0 atom stereocenters. The smallest absolute Gasteiger partial charge is 0.308 e.